The Morgan fingerprint density at radius 2 is 2.35 bits per heavy atom. The number of nitrogens with one attached hydrogen (secondary N) is 1. The topological polar surface area (TPSA) is 29.9 Å². The van der Waals surface area contributed by atoms with E-state index < -0.39 is 0 Å². The van der Waals surface area contributed by atoms with Gasteiger partial charge in [-0.3, -0.25) is 0 Å². The van der Waals surface area contributed by atoms with Gasteiger partial charge in [0.05, 0.1) is 0 Å². The lowest BCUT2D eigenvalue weighted by molar-refractivity contribution is 0.790. The zero-order valence-electron chi connectivity index (χ0n) is 9.56. The van der Waals surface area contributed by atoms with E-state index in [0.29, 0.717) is 0 Å². The number of anilines is 1. The smallest absolute Gasteiger partial charge is 0.167 e. The van der Waals surface area contributed by atoms with E-state index in [-0.39, 0.29) is 0 Å². The van der Waals surface area contributed by atoms with Crippen LogP contribution < -0.4 is 5.32 Å². The van der Waals surface area contributed by atoms with Gasteiger partial charge in [0.1, 0.15) is 0 Å². The van der Waals surface area contributed by atoms with Crippen molar-refractivity contribution >= 4 is 33.4 Å². The van der Waals surface area contributed by atoms with Crippen molar-refractivity contribution < 1.29 is 0 Å². The van der Waals surface area contributed by atoms with Crippen molar-refractivity contribution in [3.05, 3.63) is 41.1 Å². The maximum atomic E-state index is 4.27. The summed E-state index contributed by atoms with van der Waals surface area (Å²) < 4.78 is 3.13. The number of rotatable bonds is 5. The summed E-state index contributed by atoms with van der Waals surface area (Å²) in [5.74, 6) is 0.997. The molecule has 0 saturated carbocycles. The number of benzene rings is 1. The maximum Gasteiger partial charge on any atom is 0.167 e. The number of halogens is 1. The molecule has 2 rings (SSSR count). The van der Waals surface area contributed by atoms with E-state index in [0.717, 1.165) is 27.6 Å². The van der Waals surface area contributed by atoms with Gasteiger partial charge < -0.3 is 9.88 Å². The van der Waals surface area contributed by atoms with Crippen LogP contribution in [0.1, 0.15) is 0 Å². The first-order valence-corrected chi connectivity index (χ1v) is 7.13. The molecule has 2 aromatic rings. The highest BCUT2D eigenvalue weighted by atomic mass is 79.9. The van der Waals surface area contributed by atoms with Gasteiger partial charge in [0.25, 0.3) is 0 Å². The monoisotopic (exact) mass is 311 g/mol. The lowest BCUT2D eigenvalue weighted by atomic mass is 10.3. The summed E-state index contributed by atoms with van der Waals surface area (Å²) in [5.41, 5.74) is 1.14. The summed E-state index contributed by atoms with van der Waals surface area (Å²) in [7, 11) is 2.01. The van der Waals surface area contributed by atoms with Crippen LogP contribution in [-0.2, 0) is 7.05 Å². The summed E-state index contributed by atoms with van der Waals surface area (Å²) >= 11 is 5.21. The normalized spacial score (nSPS) is 10.5. The molecule has 0 aliphatic rings. The Bertz CT molecular complexity index is 484. The van der Waals surface area contributed by atoms with Gasteiger partial charge in [0.15, 0.2) is 5.16 Å². The first-order valence-electron chi connectivity index (χ1n) is 5.35. The molecule has 0 radical (unpaired) electrons. The summed E-state index contributed by atoms with van der Waals surface area (Å²) in [5, 5.41) is 4.44. The SMILES string of the molecule is Cn1ccnc1SCCNc1cccc(Br)c1. The number of aromatic nitrogens is 2. The van der Waals surface area contributed by atoms with Gasteiger partial charge in [-0.15, -0.1) is 0 Å². The minimum Gasteiger partial charge on any atom is -0.384 e. The van der Waals surface area contributed by atoms with Gasteiger partial charge in [0, 0.05) is 41.9 Å². The highest BCUT2D eigenvalue weighted by molar-refractivity contribution is 9.10. The molecule has 0 aliphatic heterocycles. The molecule has 0 unspecified atom stereocenters. The van der Waals surface area contributed by atoms with E-state index in [4.69, 9.17) is 0 Å². The predicted molar refractivity (Wildman–Crippen MR) is 76.6 cm³/mol. The standard InChI is InChI=1S/C12H14BrN3S/c1-16-7-5-15-12(16)17-8-6-14-11-4-2-3-10(13)9-11/h2-5,7,9,14H,6,8H2,1H3. The summed E-state index contributed by atoms with van der Waals surface area (Å²) in [6.45, 7) is 0.925. The number of nitrogens with zero attached hydrogens (tertiary/aromatic N) is 2. The Labute approximate surface area is 114 Å². The Hall–Kier alpha value is -0.940. The average Bonchev–Trinajstić information content (AvgIpc) is 2.71. The van der Waals surface area contributed by atoms with Crippen LogP contribution in [0.5, 0.6) is 0 Å². The average molecular weight is 312 g/mol. The summed E-state index contributed by atoms with van der Waals surface area (Å²) in [4.78, 5) is 4.27. The van der Waals surface area contributed by atoms with Crippen LogP contribution in [0.25, 0.3) is 0 Å². The van der Waals surface area contributed by atoms with Crippen molar-refractivity contribution in [2.45, 2.75) is 5.16 Å². The van der Waals surface area contributed by atoms with E-state index in [9.17, 15) is 0 Å². The number of hydrogen-bond acceptors (Lipinski definition) is 3. The fraction of sp³-hybridized carbons (Fsp3) is 0.250. The van der Waals surface area contributed by atoms with Crippen molar-refractivity contribution in [1.82, 2.24) is 9.55 Å². The van der Waals surface area contributed by atoms with Crippen LogP contribution in [0, 0.1) is 0 Å². The van der Waals surface area contributed by atoms with Gasteiger partial charge in [-0.05, 0) is 18.2 Å². The highest BCUT2D eigenvalue weighted by Gasteiger charge is 1.99. The van der Waals surface area contributed by atoms with E-state index in [2.05, 4.69) is 38.4 Å². The van der Waals surface area contributed by atoms with Gasteiger partial charge in [-0.1, -0.05) is 33.8 Å². The fourth-order valence-corrected chi connectivity index (χ4v) is 2.61. The maximum absolute atomic E-state index is 4.27. The second-order valence-corrected chi connectivity index (χ2v) is 5.58. The Kier molecular flexibility index (Phi) is 4.50. The number of aryl methyl sites for hydroxylation is 1. The van der Waals surface area contributed by atoms with Gasteiger partial charge >= 0.3 is 0 Å². The minimum absolute atomic E-state index is 0.925. The molecule has 0 atom stereocenters. The molecular weight excluding hydrogens is 298 g/mol. The highest BCUT2D eigenvalue weighted by Crippen LogP contribution is 2.17. The molecule has 0 bridgehead atoms. The van der Waals surface area contributed by atoms with E-state index in [1.165, 1.54) is 0 Å². The van der Waals surface area contributed by atoms with Crippen molar-refractivity contribution in [2.75, 3.05) is 17.6 Å². The first kappa shape index (κ1) is 12.5. The van der Waals surface area contributed by atoms with Crippen molar-refractivity contribution in [3.8, 4) is 0 Å². The molecule has 1 aromatic carbocycles. The Morgan fingerprint density at radius 1 is 1.47 bits per heavy atom. The third-order valence-corrected chi connectivity index (χ3v) is 3.82. The molecule has 0 fully saturated rings. The van der Waals surface area contributed by atoms with Crippen molar-refractivity contribution in [2.24, 2.45) is 7.05 Å². The molecule has 90 valence electrons. The summed E-state index contributed by atoms with van der Waals surface area (Å²) in [6, 6.07) is 8.19. The van der Waals surface area contributed by atoms with E-state index in [1.807, 2.05) is 36.1 Å². The molecule has 1 heterocycles. The van der Waals surface area contributed by atoms with Gasteiger partial charge in [-0.2, -0.15) is 0 Å². The second kappa shape index (κ2) is 6.12. The third kappa shape index (κ3) is 3.78. The van der Waals surface area contributed by atoms with Gasteiger partial charge in [0.2, 0.25) is 0 Å². The van der Waals surface area contributed by atoms with Gasteiger partial charge in [-0.25, -0.2) is 4.98 Å². The number of hydrogen-bond donors (Lipinski definition) is 1. The molecular formula is C12H14BrN3S. The molecule has 0 amide bonds. The first-order chi connectivity index (χ1) is 8.25. The van der Waals surface area contributed by atoms with Crippen LogP contribution in [0.3, 0.4) is 0 Å². The molecule has 17 heavy (non-hydrogen) atoms. The number of imidazole rings is 1. The molecule has 0 spiro atoms. The lowest BCUT2D eigenvalue weighted by Gasteiger charge is -2.06. The van der Waals surface area contributed by atoms with Crippen LogP contribution in [0.15, 0.2) is 46.3 Å². The fourth-order valence-electron chi connectivity index (χ4n) is 1.43. The lowest BCUT2D eigenvalue weighted by Crippen LogP contribution is -2.04. The third-order valence-electron chi connectivity index (χ3n) is 2.26. The van der Waals surface area contributed by atoms with Crippen molar-refractivity contribution in [3.63, 3.8) is 0 Å². The van der Waals surface area contributed by atoms with E-state index in [1.54, 1.807) is 11.8 Å². The van der Waals surface area contributed by atoms with Crippen LogP contribution in [0.2, 0.25) is 0 Å². The summed E-state index contributed by atoms with van der Waals surface area (Å²) in [6.07, 6.45) is 3.79. The Morgan fingerprint density at radius 3 is 3.06 bits per heavy atom. The molecule has 5 heteroatoms. The largest absolute Gasteiger partial charge is 0.384 e. The zero-order chi connectivity index (χ0) is 12.1. The predicted octanol–water partition coefficient (Wildman–Crippen LogP) is 3.39. The quantitative estimate of drug-likeness (QED) is 0.678. The minimum atomic E-state index is 0.925. The van der Waals surface area contributed by atoms with E-state index >= 15 is 0 Å². The number of thioether (sulfide) groups is 1. The molecule has 0 saturated heterocycles. The second-order valence-electron chi connectivity index (χ2n) is 3.61. The van der Waals surface area contributed by atoms with Crippen LogP contribution in [0.4, 0.5) is 5.69 Å². The molecule has 1 N–H and O–H groups in total. The van der Waals surface area contributed by atoms with Crippen LogP contribution >= 0.6 is 27.7 Å². The van der Waals surface area contributed by atoms with Crippen LogP contribution in [-0.4, -0.2) is 21.8 Å². The molecule has 3 nitrogen and oxygen atoms in total. The zero-order valence-corrected chi connectivity index (χ0v) is 12.0. The molecule has 1 aromatic heterocycles. The Balaban J connectivity index is 1.75. The van der Waals surface area contributed by atoms with Crippen molar-refractivity contribution in [1.29, 1.82) is 0 Å². The molecule has 0 aliphatic carbocycles.